The molecule has 0 radical (unpaired) electrons. The van der Waals surface area contributed by atoms with E-state index in [0.29, 0.717) is 6.54 Å². The Morgan fingerprint density at radius 3 is 2.75 bits per heavy atom. The van der Waals surface area contributed by atoms with Crippen LogP contribution in [0, 0.1) is 0 Å². The van der Waals surface area contributed by atoms with Gasteiger partial charge >= 0.3 is 0 Å². The summed E-state index contributed by atoms with van der Waals surface area (Å²) in [6.07, 6.45) is 0.885. The molecule has 0 atom stereocenters. The minimum absolute atomic E-state index is 0.198. The molecule has 0 bridgehead atoms. The van der Waals surface area contributed by atoms with E-state index in [2.05, 4.69) is 23.3 Å². The van der Waals surface area contributed by atoms with Crippen molar-refractivity contribution in [1.82, 2.24) is 15.1 Å². The molecule has 1 N–H and O–H groups in total. The van der Waals surface area contributed by atoms with Crippen LogP contribution in [0.5, 0.6) is 0 Å². The normalized spacial score (nSPS) is 16.4. The molecule has 1 aromatic carbocycles. The molecular formula is C15H22ClN3O. The lowest BCUT2D eigenvalue weighted by molar-refractivity contribution is -0.131. The molecule has 0 spiro atoms. The lowest BCUT2D eigenvalue weighted by Gasteiger charge is -2.32. The van der Waals surface area contributed by atoms with Gasteiger partial charge in [0.2, 0.25) is 5.91 Å². The maximum absolute atomic E-state index is 12.0. The third-order valence-electron chi connectivity index (χ3n) is 3.61. The quantitative estimate of drug-likeness (QED) is 0.831. The van der Waals surface area contributed by atoms with Crippen LogP contribution in [0.1, 0.15) is 5.56 Å². The molecule has 0 aliphatic carbocycles. The number of benzene rings is 1. The van der Waals surface area contributed by atoms with E-state index in [1.807, 2.05) is 23.1 Å². The van der Waals surface area contributed by atoms with Crippen LogP contribution in [0.2, 0.25) is 5.02 Å². The van der Waals surface area contributed by atoms with Crippen molar-refractivity contribution in [2.75, 3.05) is 46.3 Å². The molecule has 1 heterocycles. The minimum atomic E-state index is 0.198. The van der Waals surface area contributed by atoms with Gasteiger partial charge in [0.05, 0.1) is 6.54 Å². The third-order valence-corrected chi connectivity index (χ3v) is 3.85. The van der Waals surface area contributed by atoms with Crippen molar-refractivity contribution < 1.29 is 4.79 Å². The first-order valence-corrected chi connectivity index (χ1v) is 7.44. The maximum atomic E-state index is 12.0. The van der Waals surface area contributed by atoms with Gasteiger partial charge < -0.3 is 15.1 Å². The lowest BCUT2D eigenvalue weighted by Crippen LogP contribution is -2.49. The zero-order valence-electron chi connectivity index (χ0n) is 11.9. The van der Waals surface area contributed by atoms with E-state index >= 15 is 0 Å². The van der Waals surface area contributed by atoms with Gasteiger partial charge in [-0.2, -0.15) is 0 Å². The summed E-state index contributed by atoms with van der Waals surface area (Å²) in [5.41, 5.74) is 1.19. The van der Waals surface area contributed by atoms with Gasteiger partial charge in [-0.3, -0.25) is 4.79 Å². The number of amides is 1. The Balaban J connectivity index is 1.64. The van der Waals surface area contributed by atoms with Crippen molar-refractivity contribution in [3.05, 3.63) is 34.9 Å². The lowest BCUT2D eigenvalue weighted by atomic mass is 10.1. The van der Waals surface area contributed by atoms with Crippen LogP contribution < -0.4 is 5.32 Å². The third kappa shape index (κ3) is 4.78. The smallest absolute Gasteiger partial charge is 0.236 e. The Labute approximate surface area is 125 Å². The molecule has 1 aromatic rings. The van der Waals surface area contributed by atoms with Crippen molar-refractivity contribution in [3.8, 4) is 0 Å². The number of nitrogens with one attached hydrogen (secondary N) is 1. The van der Waals surface area contributed by atoms with E-state index in [4.69, 9.17) is 11.6 Å². The van der Waals surface area contributed by atoms with Gasteiger partial charge in [0.25, 0.3) is 0 Å². The van der Waals surface area contributed by atoms with Gasteiger partial charge in [-0.15, -0.1) is 0 Å². The summed E-state index contributed by atoms with van der Waals surface area (Å²) < 4.78 is 0. The molecule has 0 unspecified atom stereocenters. The largest absolute Gasteiger partial charge is 0.339 e. The highest BCUT2D eigenvalue weighted by Gasteiger charge is 2.18. The predicted molar refractivity (Wildman–Crippen MR) is 82.1 cm³/mol. The SMILES string of the molecule is CN1CCN(C(=O)CNCCc2cccc(Cl)c2)CC1. The number of piperazine rings is 1. The summed E-state index contributed by atoms with van der Waals surface area (Å²) in [6.45, 7) is 4.82. The standard InChI is InChI=1S/C15H22ClN3O/c1-18-7-9-19(10-8-18)15(20)12-17-6-5-13-3-2-4-14(16)11-13/h2-4,11,17H,5-10,12H2,1H3. The molecule has 110 valence electrons. The van der Waals surface area contributed by atoms with Crippen LogP contribution in [0.25, 0.3) is 0 Å². The summed E-state index contributed by atoms with van der Waals surface area (Å²) in [7, 11) is 2.09. The molecule has 1 saturated heterocycles. The van der Waals surface area contributed by atoms with E-state index in [1.54, 1.807) is 0 Å². The zero-order valence-corrected chi connectivity index (χ0v) is 12.7. The molecule has 1 fully saturated rings. The number of nitrogens with zero attached hydrogens (tertiary/aromatic N) is 2. The van der Waals surface area contributed by atoms with Crippen molar-refractivity contribution >= 4 is 17.5 Å². The maximum Gasteiger partial charge on any atom is 0.236 e. The fourth-order valence-electron chi connectivity index (χ4n) is 2.29. The minimum Gasteiger partial charge on any atom is -0.339 e. The van der Waals surface area contributed by atoms with Gasteiger partial charge in [-0.05, 0) is 37.7 Å². The summed E-state index contributed by atoms with van der Waals surface area (Å²) in [6, 6.07) is 7.84. The zero-order chi connectivity index (χ0) is 14.4. The van der Waals surface area contributed by atoms with E-state index in [0.717, 1.165) is 44.2 Å². The summed E-state index contributed by atoms with van der Waals surface area (Å²) in [5.74, 6) is 0.198. The van der Waals surface area contributed by atoms with Gasteiger partial charge in [-0.25, -0.2) is 0 Å². The van der Waals surface area contributed by atoms with Gasteiger partial charge in [0.1, 0.15) is 0 Å². The highest BCUT2D eigenvalue weighted by Crippen LogP contribution is 2.10. The van der Waals surface area contributed by atoms with E-state index in [1.165, 1.54) is 5.56 Å². The molecule has 4 nitrogen and oxygen atoms in total. The number of carbonyl (C=O) groups excluding carboxylic acids is 1. The average molecular weight is 296 g/mol. The van der Waals surface area contributed by atoms with Crippen molar-refractivity contribution in [2.24, 2.45) is 0 Å². The summed E-state index contributed by atoms with van der Waals surface area (Å²) in [5, 5.41) is 3.97. The Hall–Kier alpha value is -1.10. The van der Waals surface area contributed by atoms with Crippen molar-refractivity contribution in [2.45, 2.75) is 6.42 Å². The topological polar surface area (TPSA) is 35.6 Å². The fraction of sp³-hybridized carbons (Fsp3) is 0.533. The Morgan fingerprint density at radius 1 is 1.30 bits per heavy atom. The van der Waals surface area contributed by atoms with Crippen LogP contribution >= 0.6 is 11.6 Å². The van der Waals surface area contributed by atoms with Gasteiger partial charge in [0.15, 0.2) is 0 Å². The molecule has 2 rings (SSSR count). The van der Waals surface area contributed by atoms with E-state index < -0.39 is 0 Å². The van der Waals surface area contributed by atoms with Crippen LogP contribution in [0.15, 0.2) is 24.3 Å². The summed E-state index contributed by atoms with van der Waals surface area (Å²) in [4.78, 5) is 16.2. The van der Waals surface area contributed by atoms with Gasteiger partial charge in [-0.1, -0.05) is 23.7 Å². The second-order valence-electron chi connectivity index (χ2n) is 5.24. The fourth-order valence-corrected chi connectivity index (χ4v) is 2.50. The van der Waals surface area contributed by atoms with Crippen molar-refractivity contribution in [3.63, 3.8) is 0 Å². The van der Waals surface area contributed by atoms with Crippen LogP contribution in [0.4, 0.5) is 0 Å². The van der Waals surface area contributed by atoms with E-state index in [-0.39, 0.29) is 5.91 Å². The monoisotopic (exact) mass is 295 g/mol. The molecule has 1 aliphatic heterocycles. The molecule has 0 saturated carbocycles. The highest BCUT2D eigenvalue weighted by atomic mass is 35.5. The first-order chi connectivity index (χ1) is 9.65. The number of carbonyl (C=O) groups is 1. The molecule has 1 amide bonds. The number of hydrogen-bond donors (Lipinski definition) is 1. The first kappa shape index (κ1) is 15.3. The summed E-state index contributed by atoms with van der Waals surface area (Å²) >= 11 is 5.94. The second kappa shape index (κ2) is 7.62. The Morgan fingerprint density at radius 2 is 2.05 bits per heavy atom. The Kier molecular flexibility index (Phi) is 5.83. The predicted octanol–water partition coefficient (Wildman–Crippen LogP) is 1.25. The number of rotatable bonds is 5. The molecule has 1 aliphatic rings. The second-order valence-corrected chi connectivity index (χ2v) is 5.68. The van der Waals surface area contributed by atoms with Crippen molar-refractivity contribution in [1.29, 1.82) is 0 Å². The van der Waals surface area contributed by atoms with Crippen LogP contribution in [-0.4, -0.2) is 62.0 Å². The first-order valence-electron chi connectivity index (χ1n) is 7.06. The number of halogens is 1. The number of hydrogen-bond acceptors (Lipinski definition) is 3. The highest BCUT2D eigenvalue weighted by molar-refractivity contribution is 6.30. The molecule has 5 heteroatoms. The van der Waals surface area contributed by atoms with Crippen LogP contribution in [-0.2, 0) is 11.2 Å². The average Bonchev–Trinajstić information content (AvgIpc) is 2.44. The van der Waals surface area contributed by atoms with Gasteiger partial charge in [0, 0.05) is 31.2 Å². The van der Waals surface area contributed by atoms with Crippen LogP contribution in [0.3, 0.4) is 0 Å². The number of likely N-dealkylation sites (N-methyl/N-ethyl adjacent to an activating group) is 1. The molecule has 0 aromatic heterocycles. The van der Waals surface area contributed by atoms with E-state index in [9.17, 15) is 4.79 Å². The molecular weight excluding hydrogens is 274 g/mol. The molecule has 20 heavy (non-hydrogen) atoms. The Bertz CT molecular complexity index is 444.